The van der Waals surface area contributed by atoms with Crippen LogP contribution in [0.1, 0.15) is 18.5 Å². The summed E-state index contributed by atoms with van der Waals surface area (Å²) >= 11 is 7.85. The van der Waals surface area contributed by atoms with Crippen LogP contribution in [0.4, 0.5) is 5.82 Å². The zero-order valence-electron chi connectivity index (χ0n) is 10.9. The number of aromatic nitrogens is 2. The van der Waals surface area contributed by atoms with E-state index in [1.807, 2.05) is 11.8 Å². The van der Waals surface area contributed by atoms with E-state index in [0.717, 1.165) is 56.9 Å². The third-order valence-electron chi connectivity index (χ3n) is 3.11. The van der Waals surface area contributed by atoms with E-state index in [2.05, 4.69) is 15.3 Å². The molecular formula is C12H19ClN3O2S+. The number of thioether (sulfide) groups is 1. The number of aryl methyl sites for hydroxylation is 1. The average molecular weight is 305 g/mol. The van der Waals surface area contributed by atoms with Gasteiger partial charge in [-0.3, -0.25) is 0 Å². The number of hydrogen-bond donors (Lipinski definition) is 2. The molecule has 3 N–H and O–H groups in total. The fraction of sp³-hybridized carbons (Fsp3) is 0.667. The molecule has 1 fully saturated rings. The number of ether oxygens (including phenoxy) is 1. The third-order valence-corrected chi connectivity index (χ3v) is 4.42. The van der Waals surface area contributed by atoms with Crippen molar-refractivity contribution in [1.82, 2.24) is 4.98 Å². The van der Waals surface area contributed by atoms with E-state index in [1.165, 1.54) is 4.90 Å². The number of rotatable bonds is 2. The number of aliphatic hydroxyl groups excluding tert-OH is 1. The van der Waals surface area contributed by atoms with Crippen molar-refractivity contribution >= 4 is 29.2 Å². The molecule has 1 aromatic rings. The van der Waals surface area contributed by atoms with Crippen molar-refractivity contribution in [2.24, 2.45) is 0 Å². The Morgan fingerprint density at radius 1 is 1.42 bits per heavy atom. The molecule has 0 atom stereocenters. The molecule has 0 amide bonds. The first kappa shape index (κ1) is 14.8. The lowest BCUT2D eigenvalue weighted by Gasteiger charge is -2.21. The second-order valence-electron chi connectivity index (χ2n) is 4.31. The molecular weight excluding hydrogens is 286 g/mol. The van der Waals surface area contributed by atoms with Gasteiger partial charge >= 0.3 is 5.28 Å². The predicted molar refractivity (Wildman–Crippen MR) is 75.8 cm³/mol. The first-order chi connectivity index (χ1) is 9.33. The molecule has 3 heterocycles. The molecule has 0 aromatic carbocycles. The monoisotopic (exact) mass is 304 g/mol. The number of halogens is 1. The third kappa shape index (κ3) is 3.72. The molecule has 5 nitrogen and oxygen atoms in total. The second kappa shape index (κ2) is 7.28. The Bertz CT molecular complexity index is 428. The van der Waals surface area contributed by atoms with Crippen LogP contribution in [0.5, 0.6) is 0 Å². The molecule has 0 spiro atoms. The minimum atomic E-state index is 0.473. The molecule has 1 saturated heterocycles. The van der Waals surface area contributed by atoms with Crippen LogP contribution in [0, 0.1) is 0 Å². The van der Waals surface area contributed by atoms with E-state index in [1.54, 1.807) is 0 Å². The summed E-state index contributed by atoms with van der Waals surface area (Å²) < 4.78 is 5.36. The molecule has 0 saturated carbocycles. The maximum Gasteiger partial charge on any atom is 0.332 e. The summed E-state index contributed by atoms with van der Waals surface area (Å²) in [6, 6.07) is 0.476. The molecule has 2 aliphatic rings. The van der Waals surface area contributed by atoms with E-state index < -0.39 is 0 Å². The molecule has 0 bridgehead atoms. The van der Waals surface area contributed by atoms with Gasteiger partial charge in [0.05, 0.1) is 6.04 Å². The lowest BCUT2D eigenvalue weighted by molar-refractivity contribution is -0.366. The molecule has 7 heteroatoms. The highest BCUT2D eigenvalue weighted by molar-refractivity contribution is 7.99. The number of aliphatic hydroxyl groups is 1. The van der Waals surface area contributed by atoms with Gasteiger partial charge in [-0.1, -0.05) is 4.98 Å². The van der Waals surface area contributed by atoms with Crippen LogP contribution >= 0.6 is 23.4 Å². The zero-order valence-corrected chi connectivity index (χ0v) is 12.5. The van der Waals surface area contributed by atoms with Crippen LogP contribution in [-0.2, 0) is 11.2 Å². The Balaban J connectivity index is 0.000000637. The maximum atomic E-state index is 7.00. The van der Waals surface area contributed by atoms with Gasteiger partial charge in [0.25, 0.3) is 0 Å². The van der Waals surface area contributed by atoms with Gasteiger partial charge in [0.2, 0.25) is 5.82 Å². The minimum absolute atomic E-state index is 0.473. The molecule has 0 unspecified atom stereocenters. The van der Waals surface area contributed by atoms with Crippen LogP contribution in [-0.4, -0.2) is 42.2 Å². The molecule has 3 rings (SSSR count). The van der Waals surface area contributed by atoms with Crippen molar-refractivity contribution in [1.29, 1.82) is 0 Å². The fourth-order valence-corrected chi connectivity index (χ4v) is 3.49. The Kier molecular flexibility index (Phi) is 5.69. The number of anilines is 1. The number of nitrogens with zero attached hydrogens (tertiary/aromatic N) is 1. The number of H-pyrrole nitrogens is 1. The fourth-order valence-electron chi connectivity index (χ4n) is 2.22. The molecule has 19 heavy (non-hydrogen) atoms. The van der Waals surface area contributed by atoms with Gasteiger partial charge in [-0.2, -0.15) is 0 Å². The van der Waals surface area contributed by atoms with Crippen LogP contribution in [0.2, 0.25) is 5.28 Å². The SMILES string of the molecule is CO.Clc1nc2c(c(NC3CCOCC3)[nH+]1)SCC2. The Morgan fingerprint density at radius 2 is 2.16 bits per heavy atom. The van der Waals surface area contributed by atoms with Crippen molar-refractivity contribution in [2.45, 2.75) is 30.2 Å². The van der Waals surface area contributed by atoms with Crippen molar-refractivity contribution < 1.29 is 14.8 Å². The summed E-state index contributed by atoms with van der Waals surface area (Å²) in [7, 11) is 1.00. The first-order valence-electron chi connectivity index (χ1n) is 6.36. The normalized spacial score (nSPS) is 18.5. The number of nitrogens with one attached hydrogen (secondary N) is 2. The number of hydrogen-bond acceptors (Lipinski definition) is 5. The van der Waals surface area contributed by atoms with Crippen molar-refractivity contribution in [3.8, 4) is 0 Å². The average Bonchev–Trinajstić information content (AvgIpc) is 2.90. The summed E-state index contributed by atoms with van der Waals surface area (Å²) in [6.07, 6.45) is 3.11. The summed E-state index contributed by atoms with van der Waals surface area (Å²) in [6.45, 7) is 1.68. The molecule has 106 valence electrons. The lowest BCUT2D eigenvalue weighted by atomic mass is 10.1. The van der Waals surface area contributed by atoms with Crippen molar-refractivity contribution in [3.63, 3.8) is 0 Å². The highest BCUT2D eigenvalue weighted by Gasteiger charge is 2.27. The highest BCUT2D eigenvalue weighted by Crippen LogP contribution is 2.34. The van der Waals surface area contributed by atoms with E-state index in [9.17, 15) is 0 Å². The molecule has 0 radical (unpaired) electrons. The maximum absolute atomic E-state index is 7.00. The van der Waals surface area contributed by atoms with E-state index in [-0.39, 0.29) is 0 Å². The quantitative estimate of drug-likeness (QED) is 0.808. The van der Waals surface area contributed by atoms with Crippen LogP contribution in [0.3, 0.4) is 0 Å². The van der Waals surface area contributed by atoms with E-state index >= 15 is 0 Å². The van der Waals surface area contributed by atoms with Gasteiger partial charge < -0.3 is 15.2 Å². The smallest absolute Gasteiger partial charge is 0.332 e. The van der Waals surface area contributed by atoms with Gasteiger partial charge in [-0.25, -0.2) is 4.98 Å². The van der Waals surface area contributed by atoms with Crippen molar-refractivity contribution in [2.75, 3.05) is 31.4 Å². The van der Waals surface area contributed by atoms with Gasteiger partial charge in [-0.15, -0.1) is 11.8 Å². The topological polar surface area (TPSA) is 68.5 Å². The highest BCUT2D eigenvalue weighted by atomic mass is 35.5. The van der Waals surface area contributed by atoms with Gasteiger partial charge in [0.15, 0.2) is 0 Å². The van der Waals surface area contributed by atoms with Crippen LogP contribution in [0.15, 0.2) is 4.90 Å². The van der Waals surface area contributed by atoms with E-state index in [4.69, 9.17) is 21.4 Å². The van der Waals surface area contributed by atoms with Crippen LogP contribution < -0.4 is 10.3 Å². The first-order valence-corrected chi connectivity index (χ1v) is 7.73. The molecule has 2 aliphatic heterocycles. The zero-order chi connectivity index (χ0) is 13.7. The molecule has 1 aromatic heterocycles. The standard InChI is InChI=1S/C11H14ClN3OS.CH4O/c12-11-14-8-3-6-17-9(8)10(15-11)13-7-1-4-16-5-2-7;1-2/h7H,1-6H2,(H,13,14,15);2H,1H3/p+1. The van der Waals surface area contributed by atoms with Gasteiger partial charge in [0.1, 0.15) is 10.6 Å². The summed E-state index contributed by atoms with van der Waals surface area (Å²) in [5.41, 5.74) is 1.12. The Hall–Kier alpha value is -0.560. The van der Waals surface area contributed by atoms with Gasteiger partial charge in [0, 0.05) is 45.3 Å². The largest absolute Gasteiger partial charge is 0.400 e. The summed E-state index contributed by atoms with van der Waals surface area (Å²) in [5, 5.41) is 11.0. The lowest BCUT2D eigenvalue weighted by Crippen LogP contribution is -2.31. The van der Waals surface area contributed by atoms with Crippen molar-refractivity contribution in [3.05, 3.63) is 11.0 Å². The molecule has 0 aliphatic carbocycles. The number of aromatic amines is 1. The number of fused-ring (bicyclic) bond motifs is 1. The summed E-state index contributed by atoms with van der Waals surface area (Å²) in [4.78, 5) is 8.71. The predicted octanol–water partition coefficient (Wildman–Crippen LogP) is 1.40. The Labute approximate surface area is 122 Å². The minimum Gasteiger partial charge on any atom is -0.400 e. The van der Waals surface area contributed by atoms with E-state index in [0.29, 0.717) is 11.3 Å². The summed E-state index contributed by atoms with van der Waals surface area (Å²) in [5.74, 6) is 2.13. The van der Waals surface area contributed by atoms with Crippen LogP contribution in [0.25, 0.3) is 0 Å². The van der Waals surface area contributed by atoms with Gasteiger partial charge in [-0.05, 0) is 11.6 Å². The second-order valence-corrected chi connectivity index (χ2v) is 5.77. The Morgan fingerprint density at radius 3 is 2.89 bits per heavy atom.